The van der Waals surface area contributed by atoms with Crippen LogP contribution in [0.1, 0.15) is 162 Å². The molecule has 0 bridgehead atoms. The molecule has 0 aliphatic carbocycles. The summed E-state index contributed by atoms with van der Waals surface area (Å²) in [5, 5.41) is 4.72. The van der Waals surface area contributed by atoms with E-state index in [1.807, 2.05) is 50.2 Å². The predicted octanol–water partition coefficient (Wildman–Crippen LogP) is 11.3. The van der Waals surface area contributed by atoms with E-state index in [9.17, 15) is 9.59 Å². The van der Waals surface area contributed by atoms with Crippen LogP contribution in [0.25, 0.3) is 0 Å². The summed E-state index contributed by atoms with van der Waals surface area (Å²) in [6.45, 7) is 7.96. The van der Waals surface area contributed by atoms with Crippen LogP contribution in [0, 0.1) is 0 Å². The monoisotopic (exact) mass is 664 g/mol. The maximum absolute atomic E-state index is 12.1. The Hall–Kier alpha value is 0.500. The molecule has 2 unspecified atom stereocenters. The summed E-state index contributed by atoms with van der Waals surface area (Å²) < 4.78 is 0. The van der Waals surface area contributed by atoms with Gasteiger partial charge in [0.05, 0.1) is 0 Å². The lowest BCUT2D eigenvalue weighted by Crippen LogP contribution is -2.32. The van der Waals surface area contributed by atoms with Crippen LogP contribution in [-0.4, -0.2) is 59.4 Å². The Morgan fingerprint density at radius 1 is 0.619 bits per heavy atom. The fourth-order valence-corrected chi connectivity index (χ4v) is 10.9. The van der Waals surface area contributed by atoms with E-state index in [1.165, 1.54) is 126 Å². The van der Waals surface area contributed by atoms with E-state index in [0.29, 0.717) is 12.8 Å². The molecule has 42 heavy (non-hydrogen) atoms. The molecule has 2 amide bonds. The van der Waals surface area contributed by atoms with E-state index < -0.39 is 0 Å². The highest BCUT2D eigenvalue weighted by molar-refractivity contribution is 8.77. The molecule has 0 aromatic carbocycles. The molecule has 8 heteroatoms. The van der Waals surface area contributed by atoms with E-state index in [2.05, 4.69) is 26.1 Å². The maximum Gasteiger partial charge on any atom is 0.228 e. The van der Waals surface area contributed by atoms with Gasteiger partial charge < -0.3 is 5.32 Å². The van der Waals surface area contributed by atoms with Crippen LogP contribution in [-0.2, 0) is 9.59 Å². The standard InChI is InChI=1S/C17H29NO2S4.C9H21N.C8H18/c1-18(16(19)8-4-2-6-14-10-12-21-23-14)17(20)9-5-3-7-15-11-13-22-24-15;1-3-4-5-6-7-8-9-10-2;1-3-5-7-8-6-4-2/h14-15H,2-13H2,1H3;10H,3-9H2,1-2H3;3-8H2,1-2H3. The molecule has 1 N–H and O–H groups in total. The van der Waals surface area contributed by atoms with Crippen molar-refractivity contribution < 1.29 is 9.59 Å². The first-order valence-corrected chi connectivity index (χ1v) is 22.3. The third-order valence-corrected chi connectivity index (χ3v) is 13.8. The first-order valence-electron chi connectivity index (χ1n) is 17.5. The van der Waals surface area contributed by atoms with Crippen LogP contribution in [0.15, 0.2) is 0 Å². The van der Waals surface area contributed by atoms with Gasteiger partial charge in [-0.1, -0.05) is 147 Å². The number of hydrogen-bond donors (Lipinski definition) is 1. The van der Waals surface area contributed by atoms with Crippen molar-refractivity contribution in [3.63, 3.8) is 0 Å². The number of imide groups is 1. The van der Waals surface area contributed by atoms with Gasteiger partial charge in [0.25, 0.3) is 0 Å². The van der Waals surface area contributed by atoms with Gasteiger partial charge in [-0.15, -0.1) is 0 Å². The number of carbonyl (C=O) groups excluding carboxylic acids is 2. The van der Waals surface area contributed by atoms with Crippen molar-refractivity contribution in [3.05, 3.63) is 0 Å². The van der Waals surface area contributed by atoms with Crippen molar-refractivity contribution in [3.8, 4) is 0 Å². The van der Waals surface area contributed by atoms with E-state index >= 15 is 0 Å². The highest BCUT2D eigenvalue weighted by Gasteiger charge is 2.19. The Kier molecular flexibility index (Phi) is 33.3. The Labute approximate surface area is 278 Å². The van der Waals surface area contributed by atoms with Gasteiger partial charge in [-0.3, -0.25) is 14.5 Å². The van der Waals surface area contributed by atoms with Crippen LogP contribution >= 0.6 is 43.2 Å². The van der Waals surface area contributed by atoms with Gasteiger partial charge in [0, 0.05) is 41.9 Å². The van der Waals surface area contributed by atoms with Crippen molar-refractivity contribution in [2.75, 3.05) is 32.1 Å². The molecule has 2 saturated heterocycles. The third-order valence-electron chi connectivity index (χ3n) is 7.77. The van der Waals surface area contributed by atoms with Gasteiger partial charge in [0.2, 0.25) is 11.8 Å². The third kappa shape index (κ3) is 26.9. The molecule has 0 spiro atoms. The topological polar surface area (TPSA) is 49.4 Å². The molecular weight excluding hydrogens is 597 g/mol. The summed E-state index contributed by atoms with van der Waals surface area (Å²) in [7, 11) is 11.6. The zero-order valence-corrected chi connectivity index (χ0v) is 31.5. The Morgan fingerprint density at radius 3 is 1.38 bits per heavy atom. The fourth-order valence-electron chi connectivity index (χ4n) is 4.84. The second kappa shape index (κ2) is 32.9. The number of rotatable bonds is 22. The van der Waals surface area contributed by atoms with E-state index in [1.54, 1.807) is 7.05 Å². The summed E-state index contributed by atoms with van der Waals surface area (Å²) >= 11 is 0. The fraction of sp³-hybridized carbons (Fsp3) is 0.941. The first-order chi connectivity index (χ1) is 20.5. The summed E-state index contributed by atoms with van der Waals surface area (Å²) in [4.78, 5) is 25.6. The van der Waals surface area contributed by atoms with E-state index in [0.717, 1.165) is 36.2 Å². The van der Waals surface area contributed by atoms with Gasteiger partial charge >= 0.3 is 0 Å². The number of amides is 2. The van der Waals surface area contributed by atoms with Crippen LogP contribution in [0.2, 0.25) is 0 Å². The predicted molar refractivity (Wildman–Crippen MR) is 198 cm³/mol. The molecule has 2 aliphatic heterocycles. The van der Waals surface area contributed by atoms with Gasteiger partial charge in [0.1, 0.15) is 0 Å². The second-order valence-corrected chi connectivity index (χ2v) is 17.4. The second-order valence-electron chi connectivity index (χ2n) is 11.8. The lowest BCUT2D eigenvalue weighted by atomic mass is 10.1. The molecule has 250 valence electrons. The van der Waals surface area contributed by atoms with Crippen LogP contribution in [0.5, 0.6) is 0 Å². The number of hydrogen-bond acceptors (Lipinski definition) is 7. The average molecular weight is 665 g/mol. The quantitative estimate of drug-likeness (QED) is 0.0913. The number of nitrogens with zero attached hydrogens (tertiary/aromatic N) is 1. The molecule has 2 aliphatic rings. The summed E-state index contributed by atoms with van der Waals surface area (Å²) in [5.74, 6) is 2.53. The van der Waals surface area contributed by atoms with Crippen molar-refractivity contribution in [2.45, 2.75) is 173 Å². The lowest BCUT2D eigenvalue weighted by Gasteiger charge is -2.16. The molecule has 2 rings (SSSR count). The van der Waals surface area contributed by atoms with Crippen molar-refractivity contribution >= 4 is 55.0 Å². The Bertz CT molecular complexity index is 550. The van der Waals surface area contributed by atoms with Gasteiger partial charge in [0.15, 0.2) is 0 Å². The van der Waals surface area contributed by atoms with Crippen molar-refractivity contribution in [2.24, 2.45) is 0 Å². The molecule has 0 aromatic heterocycles. The number of carbonyl (C=O) groups is 2. The maximum atomic E-state index is 12.1. The van der Waals surface area contributed by atoms with E-state index in [-0.39, 0.29) is 11.8 Å². The molecular formula is C34H68N2O2S4. The highest BCUT2D eigenvalue weighted by Crippen LogP contribution is 2.40. The Morgan fingerprint density at radius 2 is 1.02 bits per heavy atom. The summed E-state index contributed by atoms with van der Waals surface area (Å²) in [6.07, 6.45) is 26.9. The Balaban J connectivity index is 0.000000769. The van der Waals surface area contributed by atoms with Gasteiger partial charge in [-0.25, -0.2) is 0 Å². The zero-order chi connectivity index (χ0) is 31.1. The van der Waals surface area contributed by atoms with Gasteiger partial charge in [-0.2, -0.15) is 0 Å². The lowest BCUT2D eigenvalue weighted by molar-refractivity contribution is -0.143. The molecule has 2 fully saturated rings. The van der Waals surface area contributed by atoms with Crippen LogP contribution in [0.3, 0.4) is 0 Å². The van der Waals surface area contributed by atoms with Crippen LogP contribution < -0.4 is 5.32 Å². The van der Waals surface area contributed by atoms with Gasteiger partial charge in [-0.05, 0) is 58.5 Å². The zero-order valence-electron chi connectivity index (χ0n) is 28.2. The largest absolute Gasteiger partial charge is 0.320 e. The van der Waals surface area contributed by atoms with E-state index in [4.69, 9.17) is 0 Å². The smallest absolute Gasteiger partial charge is 0.228 e. The summed E-state index contributed by atoms with van der Waals surface area (Å²) in [5.41, 5.74) is 0. The minimum atomic E-state index is -0.00352. The molecule has 0 saturated carbocycles. The first kappa shape index (κ1) is 42.5. The normalized spacial score (nSPS) is 17.7. The summed E-state index contributed by atoms with van der Waals surface area (Å²) in [6, 6.07) is 0. The molecule has 2 heterocycles. The van der Waals surface area contributed by atoms with Crippen molar-refractivity contribution in [1.29, 1.82) is 0 Å². The molecule has 0 aromatic rings. The number of unbranched alkanes of at least 4 members (excludes halogenated alkanes) is 12. The number of nitrogens with one attached hydrogen (secondary N) is 1. The van der Waals surface area contributed by atoms with Crippen LogP contribution in [0.4, 0.5) is 0 Å². The molecule has 0 radical (unpaired) electrons. The molecule has 2 atom stereocenters. The SMILES string of the molecule is CCCCCCCC.CCCCCCCCNC.CN(C(=O)CCCCC1CCSS1)C(=O)CCCCC1CCSS1. The highest BCUT2D eigenvalue weighted by atomic mass is 33.1. The average Bonchev–Trinajstić information content (AvgIpc) is 3.73. The minimum absolute atomic E-state index is 0.00352. The minimum Gasteiger partial charge on any atom is -0.320 e. The molecule has 4 nitrogen and oxygen atoms in total. The van der Waals surface area contributed by atoms with Crippen molar-refractivity contribution in [1.82, 2.24) is 10.2 Å².